The van der Waals surface area contributed by atoms with Crippen LogP contribution in [0.2, 0.25) is 0 Å². The van der Waals surface area contributed by atoms with E-state index in [0.29, 0.717) is 12.8 Å². The fourth-order valence-electron chi connectivity index (χ4n) is 2.76. The van der Waals surface area contributed by atoms with Gasteiger partial charge in [0, 0.05) is 6.04 Å². The molecular formula is C19H29NO3S. The number of benzene rings is 1. The predicted octanol–water partition coefficient (Wildman–Crippen LogP) is 3.17. The lowest BCUT2D eigenvalue weighted by molar-refractivity contribution is -0.141. The first-order valence-corrected chi connectivity index (χ1v) is 9.91. The molecule has 0 unspecified atom stereocenters. The number of hydrogen-bond donors (Lipinski definition) is 2. The Labute approximate surface area is 149 Å². The fraction of sp³-hybridized carbons (Fsp3) is 0.632. The highest BCUT2D eigenvalue weighted by Crippen LogP contribution is 2.27. The maximum Gasteiger partial charge on any atom is 0.252 e. The Bertz CT molecular complexity index is 524. The van der Waals surface area contributed by atoms with E-state index in [9.17, 15) is 9.90 Å². The van der Waals surface area contributed by atoms with Crippen molar-refractivity contribution in [3.63, 3.8) is 0 Å². The van der Waals surface area contributed by atoms with Crippen LogP contribution in [0.4, 0.5) is 0 Å². The molecule has 0 spiro atoms. The summed E-state index contributed by atoms with van der Waals surface area (Å²) in [5, 5.41) is 13.4. The minimum Gasteiger partial charge on any atom is -0.491 e. The van der Waals surface area contributed by atoms with Crippen molar-refractivity contribution in [1.29, 1.82) is 0 Å². The van der Waals surface area contributed by atoms with Crippen molar-refractivity contribution in [2.75, 3.05) is 11.5 Å². The van der Waals surface area contributed by atoms with Gasteiger partial charge in [0.1, 0.15) is 11.4 Å². The second-order valence-corrected chi connectivity index (χ2v) is 8.09. The Balaban J connectivity index is 1.78. The number of nitrogens with one attached hydrogen (secondary N) is 1. The maximum atomic E-state index is 12.3. The number of hydrogen-bond acceptors (Lipinski definition) is 4. The SMILES string of the molecule is CC(C)Oc1ccc(CC[C@@H](C)NC(=O)C2(O)CCSCC2)cc1. The Hall–Kier alpha value is -1.20. The molecular weight excluding hydrogens is 322 g/mol. The summed E-state index contributed by atoms with van der Waals surface area (Å²) in [5.74, 6) is 2.37. The van der Waals surface area contributed by atoms with Crippen molar-refractivity contribution >= 4 is 17.7 Å². The molecule has 1 aliphatic rings. The largest absolute Gasteiger partial charge is 0.491 e. The van der Waals surface area contributed by atoms with Gasteiger partial charge in [-0.15, -0.1) is 0 Å². The molecule has 134 valence electrons. The number of carbonyl (C=O) groups excluding carboxylic acids is 1. The lowest BCUT2D eigenvalue weighted by atomic mass is 9.95. The Morgan fingerprint density at radius 3 is 2.46 bits per heavy atom. The van der Waals surface area contributed by atoms with Crippen LogP contribution in [0.15, 0.2) is 24.3 Å². The smallest absolute Gasteiger partial charge is 0.252 e. The lowest BCUT2D eigenvalue weighted by Crippen LogP contribution is -2.51. The Kier molecular flexibility index (Phi) is 6.99. The maximum absolute atomic E-state index is 12.3. The van der Waals surface area contributed by atoms with Crippen LogP contribution in [0.3, 0.4) is 0 Å². The minimum atomic E-state index is -1.17. The molecule has 4 nitrogen and oxygen atoms in total. The van der Waals surface area contributed by atoms with E-state index in [1.54, 1.807) is 11.8 Å². The molecule has 1 aromatic rings. The van der Waals surface area contributed by atoms with Crippen LogP contribution in [-0.4, -0.2) is 40.3 Å². The average molecular weight is 352 g/mol. The Morgan fingerprint density at radius 2 is 1.88 bits per heavy atom. The normalized spacial score (nSPS) is 18.2. The number of ether oxygens (including phenoxy) is 1. The third kappa shape index (κ3) is 5.71. The molecule has 1 amide bonds. The van der Waals surface area contributed by atoms with E-state index in [0.717, 1.165) is 30.1 Å². The van der Waals surface area contributed by atoms with E-state index >= 15 is 0 Å². The second-order valence-electron chi connectivity index (χ2n) is 6.87. The summed E-state index contributed by atoms with van der Waals surface area (Å²) < 4.78 is 5.64. The summed E-state index contributed by atoms with van der Waals surface area (Å²) in [6.07, 6.45) is 3.01. The quantitative estimate of drug-likeness (QED) is 0.792. The molecule has 1 atom stereocenters. The molecule has 2 rings (SSSR count). The summed E-state index contributed by atoms with van der Waals surface area (Å²) in [7, 11) is 0. The van der Waals surface area contributed by atoms with Gasteiger partial charge in [-0.3, -0.25) is 4.79 Å². The van der Waals surface area contributed by atoms with Crippen molar-refractivity contribution in [1.82, 2.24) is 5.32 Å². The molecule has 1 aromatic carbocycles. The zero-order valence-electron chi connectivity index (χ0n) is 14.9. The average Bonchev–Trinajstić information content (AvgIpc) is 2.54. The van der Waals surface area contributed by atoms with Crippen LogP contribution in [-0.2, 0) is 11.2 Å². The molecule has 5 heteroatoms. The molecule has 0 aliphatic carbocycles. The molecule has 0 radical (unpaired) electrons. The van der Waals surface area contributed by atoms with Gasteiger partial charge in [0.15, 0.2) is 0 Å². The molecule has 1 aliphatic heterocycles. The van der Waals surface area contributed by atoms with Gasteiger partial charge in [0.25, 0.3) is 5.91 Å². The Morgan fingerprint density at radius 1 is 1.25 bits per heavy atom. The first-order valence-electron chi connectivity index (χ1n) is 8.76. The summed E-state index contributed by atoms with van der Waals surface area (Å²) in [6, 6.07) is 8.15. The number of aryl methyl sites for hydroxylation is 1. The first-order chi connectivity index (χ1) is 11.4. The van der Waals surface area contributed by atoms with E-state index in [4.69, 9.17) is 4.74 Å². The van der Waals surface area contributed by atoms with Crippen molar-refractivity contribution in [2.45, 2.75) is 64.2 Å². The van der Waals surface area contributed by atoms with Crippen molar-refractivity contribution < 1.29 is 14.6 Å². The van der Waals surface area contributed by atoms with Crippen molar-refractivity contribution in [2.24, 2.45) is 0 Å². The third-order valence-electron chi connectivity index (χ3n) is 4.28. The van der Waals surface area contributed by atoms with Gasteiger partial charge < -0.3 is 15.2 Å². The van der Waals surface area contributed by atoms with Gasteiger partial charge in [-0.05, 0) is 75.7 Å². The van der Waals surface area contributed by atoms with E-state index in [2.05, 4.69) is 17.4 Å². The van der Waals surface area contributed by atoms with Crippen LogP contribution < -0.4 is 10.1 Å². The summed E-state index contributed by atoms with van der Waals surface area (Å²) in [4.78, 5) is 12.3. The zero-order valence-corrected chi connectivity index (χ0v) is 15.7. The number of aliphatic hydroxyl groups is 1. The molecule has 2 N–H and O–H groups in total. The molecule has 24 heavy (non-hydrogen) atoms. The number of amides is 1. The fourth-order valence-corrected chi connectivity index (χ4v) is 3.92. The van der Waals surface area contributed by atoms with Gasteiger partial charge in [-0.2, -0.15) is 11.8 Å². The monoisotopic (exact) mass is 351 g/mol. The van der Waals surface area contributed by atoms with E-state index < -0.39 is 5.60 Å². The second kappa shape index (κ2) is 8.77. The predicted molar refractivity (Wildman–Crippen MR) is 99.6 cm³/mol. The van der Waals surface area contributed by atoms with Crippen LogP contribution in [0.5, 0.6) is 5.75 Å². The number of rotatable bonds is 7. The van der Waals surface area contributed by atoms with Crippen LogP contribution in [0.25, 0.3) is 0 Å². The molecule has 1 saturated heterocycles. The van der Waals surface area contributed by atoms with Crippen molar-refractivity contribution in [3.05, 3.63) is 29.8 Å². The van der Waals surface area contributed by atoms with Crippen LogP contribution in [0.1, 0.15) is 45.6 Å². The first kappa shape index (κ1) is 19.1. The molecule has 0 bridgehead atoms. The molecule has 1 fully saturated rings. The third-order valence-corrected chi connectivity index (χ3v) is 5.27. The summed E-state index contributed by atoms with van der Waals surface area (Å²) in [5.41, 5.74) is 0.0509. The molecule has 0 aromatic heterocycles. The standard InChI is InChI=1S/C19H29NO3S/c1-14(2)23-17-8-6-16(7-9-17)5-4-15(3)20-18(21)19(22)10-12-24-13-11-19/h6-9,14-15,22H,4-5,10-13H2,1-3H3,(H,20,21)/t15-/m1/s1. The van der Waals surface area contributed by atoms with Gasteiger partial charge in [0.2, 0.25) is 0 Å². The number of carbonyl (C=O) groups is 1. The summed E-state index contributed by atoms with van der Waals surface area (Å²) >= 11 is 1.80. The van der Waals surface area contributed by atoms with Gasteiger partial charge in [0.05, 0.1) is 6.10 Å². The van der Waals surface area contributed by atoms with Crippen molar-refractivity contribution in [3.8, 4) is 5.75 Å². The molecule has 1 heterocycles. The highest BCUT2D eigenvalue weighted by atomic mass is 32.2. The van der Waals surface area contributed by atoms with Gasteiger partial charge in [-0.25, -0.2) is 0 Å². The minimum absolute atomic E-state index is 0.0442. The van der Waals surface area contributed by atoms with Crippen LogP contribution in [0, 0.1) is 0 Å². The summed E-state index contributed by atoms with van der Waals surface area (Å²) in [6.45, 7) is 6.02. The topological polar surface area (TPSA) is 58.6 Å². The molecule has 0 saturated carbocycles. The van der Waals surface area contributed by atoms with Gasteiger partial charge >= 0.3 is 0 Å². The van der Waals surface area contributed by atoms with Gasteiger partial charge in [-0.1, -0.05) is 12.1 Å². The zero-order chi connectivity index (χ0) is 17.6. The van der Waals surface area contributed by atoms with E-state index in [1.165, 1.54) is 5.56 Å². The lowest BCUT2D eigenvalue weighted by Gasteiger charge is -2.31. The van der Waals surface area contributed by atoms with Crippen LogP contribution >= 0.6 is 11.8 Å². The van der Waals surface area contributed by atoms with E-state index in [1.807, 2.05) is 32.9 Å². The highest BCUT2D eigenvalue weighted by molar-refractivity contribution is 7.99. The number of thioether (sulfide) groups is 1. The highest BCUT2D eigenvalue weighted by Gasteiger charge is 2.37. The van der Waals surface area contributed by atoms with E-state index in [-0.39, 0.29) is 18.1 Å².